The molecule has 14 heteroatoms. The minimum Gasteiger partial charge on any atom is -0.463 e. The Morgan fingerprint density at radius 2 is 1.62 bits per heavy atom. The van der Waals surface area contributed by atoms with Crippen molar-refractivity contribution in [3.05, 3.63) is 36.2 Å². The van der Waals surface area contributed by atoms with E-state index in [0.29, 0.717) is 11.3 Å². The van der Waals surface area contributed by atoms with Crippen molar-refractivity contribution in [2.45, 2.75) is 59.2 Å². The molecule has 1 fully saturated rings. The number of esters is 3. The van der Waals surface area contributed by atoms with Crippen LogP contribution < -0.4 is 10.6 Å². The molecule has 2 aromatic heterocycles. The zero-order chi connectivity index (χ0) is 28.3. The molecule has 39 heavy (non-hydrogen) atoms. The molecule has 0 spiro atoms. The van der Waals surface area contributed by atoms with Gasteiger partial charge in [0.2, 0.25) is 11.9 Å². The molecule has 0 unspecified atom stereocenters. The van der Waals surface area contributed by atoms with Gasteiger partial charge in [-0.3, -0.25) is 29.1 Å². The Bertz CT molecular complexity index is 1410. The molecule has 1 aliphatic heterocycles. The van der Waals surface area contributed by atoms with Crippen molar-refractivity contribution in [3.63, 3.8) is 0 Å². The van der Waals surface area contributed by atoms with Gasteiger partial charge in [0.15, 0.2) is 35.4 Å². The van der Waals surface area contributed by atoms with Crippen molar-refractivity contribution >= 4 is 52.4 Å². The minimum atomic E-state index is -1.14. The summed E-state index contributed by atoms with van der Waals surface area (Å²) in [7, 11) is 0. The van der Waals surface area contributed by atoms with Crippen LogP contribution >= 0.6 is 0 Å². The maximum Gasteiger partial charge on any atom is 0.303 e. The molecule has 0 radical (unpaired) electrons. The van der Waals surface area contributed by atoms with Gasteiger partial charge in [0.25, 0.3) is 0 Å². The first-order valence-corrected chi connectivity index (χ1v) is 12.0. The molecule has 0 bridgehead atoms. The van der Waals surface area contributed by atoms with Crippen LogP contribution in [-0.2, 0) is 38.1 Å². The monoisotopic (exact) mass is 540 g/mol. The second-order valence-corrected chi connectivity index (χ2v) is 8.91. The van der Waals surface area contributed by atoms with Gasteiger partial charge in [0.05, 0.1) is 6.33 Å². The van der Waals surface area contributed by atoms with Crippen molar-refractivity contribution in [1.82, 2.24) is 19.5 Å². The number of nitrogens with one attached hydrogen (secondary N) is 2. The number of anilines is 3. The first-order valence-electron chi connectivity index (χ1n) is 12.0. The molecule has 1 amide bonds. The number of amides is 1. The third-order valence-corrected chi connectivity index (χ3v) is 5.64. The first-order chi connectivity index (χ1) is 18.5. The van der Waals surface area contributed by atoms with E-state index in [2.05, 4.69) is 25.6 Å². The number of ether oxygens (including phenoxy) is 4. The van der Waals surface area contributed by atoms with Gasteiger partial charge >= 0.3 is 17.9 Å². The number of benzene rings is 1. The Morgan fingerprint density at radius 1 is 0.949 bits per heavy atom. The highest BCUT2D eigenvalue weighted by Gasteiger charge is 2.51. The van der Waals surface area contributed by atoms with Crippen LogP contribution in [0.15, 0.2) is 30.6 Å². The van der Waals surface area contributed by atoms with Gasteiger partial charge in [-0.1, -0.05) is 17.7 Å². The Labute approximate surface area is 223 Å². The summed E-state index contributed by atoms with van der Waals surface area (Å²) in [6.07, 6.45) is -2.90. The van der Waals surface area contributed by atoms with Crippen LogP contribution in [0.25, 0.3) is 11.2 Å². The maximum absolute atomic E-state index is 12.0. The summed E-state index contributed by atoms with van der Waals surface area (Å²) in [4.78, 5) is 60.5. The largest absolute Gasteiger partial charge is 0.463 e. The van der Waals surface area contributed by atoms with E-state index in [1.807, 2.05) is 31.2 Å². The second kappa shape index (κ2) is 11.4. The van der Waals surface area contributed by atoms with Crippen molar-refractivity contribution in [2.75, 3.05) is 17.2 Å². The van der Waals surface area contributed by atoms with E-state index in [1.165, 1.54) is 38.6 Å². The predicted octanol–water partition coefficient (Wildman–Crippen LogP) is 2.16. The zero-order valence-electron chi connectivity index (χ0n) is 22.0. The van der Waals surface area contributed by atoms with Gasteiger partial charge in [0, 0.05) is 33.4 Å². The number of imidazole rings is 1. The number of carbonyl (C=O) groups excluding carboxylic acids is 4. The standard InChI is InChI=1S/C25H28N6O8/c1-12-6-8-17(9-7-12)28-22-19-23(30-25(29-22)27-13(2)32)31(11-26-19)24-21(38-16(5)35)20(37-15(4)34)18(39-24)10-36-14(3)33/h6-9,11,18,20-21,24H,10H2,1-5H3,(H2,27,28,29,30,32)/t18-,20-,21-,24-/m1/s1. The summed E-state index contributed by atoms with van der Waals surface area (Å²) in [6.45, 7) is 6.64. The summed E-state index contributed by atoms with van der Waals surface area (Å²) >= 11 is 0. The lowest BCUT2D eigenvalue weighted by molar-refractivity contribution is -0.166. The summed E-state index contributed by atoms with van der Waals surface area (Å²) < 4.78 is 23.6. The van der Waals surface area contributed by atoms with E-state index >= 15 is 0 Å². The van der Waals surface area contributed by atoms with Crippen molar-refractivity contribution in [1.29, 1.82) is 0 Å². The average molecular weight is 541 g/mol. The molecular formula is C25H28N6O8. The predicted molar refractivity (Wildman–Crippen MR) is 136 cm³/mol. The van der Waals surface area contributed by atoms with Crippen LogP contribution in [0.1, 0.15) is 39.5 Å². The summed E-state index contributed by atoms with van der Waals surface area (Å²) in [5, 5.41) is 5.74. The molecule has 206 valence electrons. The maximum atomic E-state index is 12.0. The average Bonchev–Trinajstić information content (AvgIpc) is 3.40. The van der Waals surface area contributed by atoms with Crippen molar-refractivity contribution in [2.24, 2.45) is 0 Å². The Morgan fingerprint density at radius 3 is 2.23 bits per heavy atom. The number of rotatable bonds is 8. The van der Waals surface area contributed by atoms with E-state index < -0.39 is 48.4 Å². The minimum absolute atomic E-state index is 0.0126. The number of hydrogen-bond acceptors (Lipinski definition) is 12. The number of aromatic nitrogens is 4. The smallest absolute Gasteiger partial charge is 0.303 e. The molecule has 1 saturated heterocycles. The molecule has 3 heterocycles. The molecule has 2 N–H and O–H groups in total. The molecule has 0 saturated carbocycles. The fourth-order valence-electron chi connectivity index (χ4n) is 4.09. The van der Waals surface area contributed by atoms with Crippen LogP contribution in [-0.4, -0.2) is 68.3 Å². The summed E-state index contributed by atoms with van der Waals surface area (Å²) in [5.74, 6) is -1.99. The lowest BCUT2D eigenvalue weighted by Crippen LogP contribution is -2.40. The zero-order valence-corrected chi connectivity index (χ0v) is 22.0. The summed E-state index contributed by atoms with van der Waals surface area (Å²) in [6, 6.07) is 7.56. The lowest BCUT2D eigenvalue weighted by Gasteiger charge is -2.23. The quantitative estimate of drug-likeness (QED) is 0.315. The number of fused-ring (bicyclic) bond motifs is 1. The fraction of sp³-hybridized carbons (Fsp3) is 0.400. The highest BCUT2D eigenvalue weighted by atomic mass is 16.7. The second-order valence-electron chi connectivity index (χ2n) is 8.91. The highest BCUT2D eigenvalue weighted by Crippen LogP contribution is 2.37. The SMILES string of the molecule is CC(=O)Nc1nc(Nc2ccc(C)cc2)c2ncn([C@@H]3O[C@H](COC(C)=O)[C@@H](OC(C)=O)[C@H]3OC(C)=O)c2n1. The third kappa shape index (κ3) is 6.46. The van der Waals surface area contributed by atoms with E-state index in [0.717, 1.165) is 11.3 Å². The van der Waals surface area contributed by atoms with Crippen molar-refractivity contribution < 1.29 is 38.1 Å². The fourth-order valence-corrected chi connectivity index (χ4v) is 4.09. The molecule has 1 aliphatic rings. The Hall–Kier alpha value is -4.59. The molecule has 14 nitrogen and oxygen atoms in total. The summed E-state index contributed by atoms with van der Waals surface area (Å²) in [5.41, 5.74) is 2.33. The van der Waals surface area contributed by atoms with Crippen LogP contribution in [0.2, 0.25) is 0 Å². The van der Waals surface area contributed by atoms with Crippen molar-refractivity contribution in [3.8, 4) is 0 Å². The number of nitrogens with zero attached hydrogens (tertiary/aromatic N) is 4. The van der Waals surface area contributed by atoms with Crippen LogP contribution in [0.5, 0.6) is 0 Å². The third-order valence-electron chi connectivity index (χ3n) is 5.64. The highest BCUT2D eigenvalue weighted by molar-refractivity contribution is 5.91. The molecule has 4 atom stereocenters. The molecule has 3 aromatic rings. The van der Waals surface area contributed by atoms with Gasteiger partial charge in [-0.25, -0.2) is 4.98 Å². The molecule has 0 aliphatic carbocycles. The van der Waals surface area contributed by atoms with E-state index in [1.54, 1.807) is 0 Å². The van der Waals surface area contributed by atoms with E-state index in [-0.39, 0.29) is 18.2 Å². The Balaban J connectivity index is 1.80. The normalized spacial score (nSPS) is 20.3. The molecule has 4 rings (SSSR count). The Kier molecular flexibility index (Phi) is 8.04. The van der Waals surface area contributed by atoms with Gasteiger partial charge in [-0.05, 0) is 19.1 Å². The van der Waals surface area contributed by atoms with Gasteiger partial charge in [-0.2, -0.15) is 9.97 Å². The van der Waals surface area contributed by atoms with E-state index in [4.69, 9.17) is 18.9 Å². The van der Waals surface area contributed by atoms with Crippen LogP contribution in [0.4, 0.5) is 17.5 Å². The number of aryl methyl sites for hydroxylation is 1. The molecule has 1 aromatic carbocycles. The number of carbonyl (C=O) groups is 4. The molecular weight excluding hydrogens is 512 g/mol. The van der Waals surface area contributed by atoms with Crippen LogP contribution in [0, 0.1) is 6.92 Å². The van der Waals surface area contributed by atoms with Crippen LogP contribution in [0.3, 0.4) is 0 Å². The van der Waals surface area contributed by atoms with Gasteiger partial charge < -0.3 is 24.3 Å². The first kappa shape index (κ1) is 27.4. The van der Waals surface area contributed by atoms with Gasteiger partial charge in [-0.15, -0.1) is 0 Å². The topological polar surface area (TPSA) is 173 Å². The van der Waals surface area contributed by atoms with E-state index in [9.17, 15) is 19.2 Å². The lowest BCUT2D eigenvalue weighted by atomic mass is 10.1. The van der Waals surface area contributed by atoms with Gasteiger partial charge in [0.1, 0.15) is 12.7 Å². The number of hydrogen-bond donors (Lipinski definition) is 2.